The van der Waals surface area contributed by atoms with Crippen molar-refractivity contribution in [1.29, 1.82) is 0 Å². The minimum Gasteiger partial charge on any atom is -0.481 e. The second-order valence-electron chi connectivity index (χ2n) is 3.61. The lowest BCUT2D eigenvalue weighted by Crippen LogP contribution is -2.42. The molecule has 0 saturated carbocycles. The molecule has 92 valence electrons. The second-order valence-corrected chi connectivity index (χ2v) is 3.61. The first-order valence-electron chi connectivity index (χ1n) is 4.71. The third-order valence-electron chi connectivity index (χ3n) is 1.80. The van der Waals surface area contributed by atoms with Crippen molar-refractivity contribution in [1.82, 2.24) is 10.2 Å². The fraction of sp³-hybridized carbons (Fsp3) is 0.667. The minimum absolute atomic E-state index is 0.135. The molecule has 0 aromatic carbocycles. The first-order valence-corrected chi connectivity index (χ1v) is 4.71. The molecular weight excluding hydrogens is 216 g/mol. The van der Waals surface area contributed by atoms with Crippen molar-refractivity contribution in [2.24, 2.45) is 0 Å². The van der Waals surface area contributed by atoms with E-state index in [1.165, 1.54) is 0 Å². The molecule has 7 heteroatoms. The molecule has 0 rings (SSSR count). The van der Waals surface area contributed by atoms with Crippen molar-refractivity contribution in [3.8, 4) is 0 Å². The molecule has 1 amide bonds. The summed E-state index contributed by atoms with van der Waals surface area (Å²) in [4.78, 5) is 34.0. The molecule has 0 radical (unpaired) electrons. The average Bonchev–Trinajstić information content (AvgIpc) is 2.12. The summed E-state index contributed by atoms with van der Waals surface area (Å²) in [6.07, 6.45) is -0.487. The van der Waals surface area contributed by atoms with E-state index in [2.05, 4.69) is 5.32 Å². The Balaban J connectivity index is 4.13. The number of hydrogen-bond donors (Lipinski definition) is 3. The van der Waals surface area contributed by atoms with Crippen LogP contribution in [0.25, 0.3) is 0 Å². The van der Waals surface area contributed by atoms with Crippen LogP contribution < -0.4 is 5.32 Å². The van der Waals surface area contributed by atoms with Crippen molar-refractivity contribution < 1.29 is 24.6 Å². The van der Waals surface area contributed by atoms with Gasteiger partial charge < -0.3 is 20.4 Å². The molecule has 3 N–H and O–H groups in total. The van der Waals surface area contributed by atoms with Gasteiger partial charge in [-0.3, -0.25) is 9.59 Å². The standard InChI is InChI=1S/C9H16N2O5/c1-11(2)4-3-7(12)10-6(9(15)16)5-8(13)14/h6H,3-5H2,1-2H3,(H,10,12)(H,13,14)(H,15,16)/t6-/m1/s1. The lowest BCUT2D eigenvalue weighted by atomic mass is 10.2. The predicted octanol–water partition coefficient (Wildman–Crippen LogP) is -1.02. The van der Waals surface area contributed by atoms with E-state index in [-0.39, 0.29) is 6.42 Å². The summed E-state index contributed by atoms with van der Waals surface area (Å²) in [7, 11) is 3.55. The molecule has 0 saturated heterocycles. The van der Waals surface area contributed by atoms with Crippen molar-refractivity contribution in [2.75, 3.05) is 20.6 Å². The van der Waals surface area contributed by atoms with Crippen molar-refractivity contribution in [3.05, 3.63) is 0 Å². The van der Waals surface area contributed by atoms with E-state index in [4.69, 9.17) is 10.2 Å². The van der Waals surface area contributed by atoms with Crippen LogP contribution in [-0.4, -0.2) is 59.6 Å². The Morgan fingerprint density at radius 1 is 1.25 bits per heavy atom. The Hall–Kier alpha value is -1.63. The Morgan fingerprint density at radius 3 is 2.19 bits per heavy atom. The summed E-state index contributed by atoms with van der Waals surface area (Å²) in [6, 6.07) is -1.37. The van der Waals surface area contributed by atoms with Crippen molar-refractivity contribution in [3.63, 3.8) is 0 Å². The van der Waals surface area contributed by atoms with Gasteiger partial charge in [0.25, 0.3) is 0 Å². The van der Waals surface area contributed by atoms with Crippen LogP contribution in [0.15, 0.2) is 0 Å². The number of hydrogen-bond acceptors (Lipinski definition) is 4. The molecule has 0 spiro atoms. The zero-order chi connectivity index (χ0) is 12.7. The molecule has 0 heterocycles. The van der Waals surface area contributed by atoms with Gasteiger partial charge in [-0.2, -0.15) is 0 Å². The van der Waals surface area contributed by atoms with E-state index < -0.39 is 30.3 Å². The summed E-state index contributed by atoms with van der Waals surface area (Å²) < 4.78 is 0. The number of aliphatic carboxylic acids is 2. The first kappa shape index (κ1) is 14.4. The summed E-state index contributed by atoms with van der Waals surface area (Å²) in [5, 5.41) is 19.3. The van der Waals surface area contributed by atoms with Crippen LogP contribution in [0.1, 0.15) is 12.8 Å². The summed E-state index contributed by atoms with van der Waals surface area (Å²) >= 11 is 0. The number of nitrogens with zero attached hydrogens (tertiary/aromatic N) is 1. The average molecular weight is 232 g/mol. The number of amides is 1. The number of carbonyl (C=O) groups excluding carboxylic acids is 1. The van der Waals surface area contributed by atoms with E-state index >= 15 is 0 Å². The van der Waals surface area contributed by atoms with Crippen LogP contribution in [0.2, 0.25) is 0 Å². The minimum atomic E-state index is -1.37. The highest BCUT2D eigenvalue weighted by Crippen LogP contribution is 1.94. The van der Waals surface area contributed by atoms with Crippen LogP contribution in [0.5, 0.6) is 0 Å². The maximum atomic E-state index is 11.2. The first-order chi connectivity index (χ1) is 7.32. The number of rotatable bonds is 7. The van der Waals surface area contributed by atoms with Gasteiger partial charge in [0.2, 0.25) is 5.91 Å². The molecule has 0 aliphatic rings. The van der Waals surface area contributed by atoms with Gasteiger partial charge in [-0.15, -0.1) is 0 Å². The van der Waals surface area contributed by atoms with E-state index in [0.29, 0.717) is 6.54 Å². The van der Waals surface area contributed by atoms with Crippen molar-refractivity contribution in [2.45, 2.75) is 18.9 Å². The Morgan fingerprint density at radius 2 is 1.81 bits per heavy atom. The molecule has 0 bridgehead atoms. The zero-order valence-electron chi connectivity index (χ0n) is 9.27. The lowest BCUT2D eigenvalue weighted by molar-refractivity contribution is -0.147. The molecule has 0 aliphatic carbocycles. The number of nitrogens with one attached hydrogen (secondary N) is 1. The van der Waals surface area contributed by atoms with Gasteiger partial charge in [0.05, 0.1) is 6.42 Å². The largest absolute Gasteiger partial charge is 0.481 e. The summed E-state index contributed by atoms with van der Waals surface area (Å²) in [6.45, 7) is 0.477. The summed E-state index contributed by atoms with van der Waals surface area (Å²) in [5.41, 5.74) is 0. The van der Waals surface area contributed by atoms with Gasteiger partial charge in [0.1, 0.15) is 6.04 Å². The highest BCUT2D eigenvalue weighted by atomic mass is 16.4. The predicted molar refractivity (Wildman–Crippen MR) is 55.0 cm³/mol. The highest BCUT2D eigenvalue weighted by Gasteiger charge is 2.22. The molecule has 16 heavy (non-hydrogen) atoms. The molecule has 0 aromatic rings. The fourth-order valence-corrected chi connectivity index (χ4v) is 0.966. The van der Waals surface area contributed by atoms with Gasteiger partial charge in [0, 0.05) is 13.0 Å². The molecule has 0 aromatic heterocycles. The Kier molecular flexibility index (Phi) is 6.09. The topological polar surface area (TPSA) is 107 Å². The zero-order valence-corrected chi connectivity index (χ0v) is 9.27. The summed E-state index contributed by atoms with van der Waals surface area (Å²) in [5.74, 6) is -3.08. The lowest BCUT2D eigenvalue weighted by Gasteiger charge is -2.13. The van der Waals surface area contributed by atoms with E-state index in [9.17, 15) is 14.4 Å². The van der Waals surface area contributed by atoms with Crippen LogP contribution in [0, 0.1) is 0 Å². The van der Waals surface area contributed by atoms with E-state index in [1.54, 1.807) is 19.0 Å². The van der Waals surface area contributed by atoms with Crippen LogP contribution in [-0.2, 0) is 14.4 Å². The number of carboxylic acids is 2. The third kappa shape index (κ3) is 6.77. The second kappa shape index (κ2) is 6.78. The quantitative estimate of drug-likeness (QED) is 0.518. The molecule has 7 nitrogen and oxygen atoms in total. The van der Waals surface area contributed by atoms with Gasteiger partial charge in [-0.1, -0.05) is 0 Å². The monoisotopic (exact) mass is 232 g/mol. The highest BCUT2D eigenvalue weighted by molar-refractivity contribution is 5.86. The molecule has 0 aliphatic heterocycles. The Labute approximate surface area is 93.0 Å². The maximum Gasteiger partial charge on any atom is 0.326 e. The maximum absolute atomic E-state index is 11.2. The van der Waals surface area contributed by atoms with Crippen LogP contribution >= 0.6 is 0 Å². The van der Waals surface area contributed by atoms with Gasteiger partial charge in [0.15, 0.2) is 0 Å². The van der Waals surface area contributed by atoms with E-state index in [1.807, 2.05) is 0 Å². The number of carboxylic acid groups (broad SMARTS) is 2. The smallest absolute Gasteiger partial charge is 0.326 e. The molecule has 1 atom stereocenters. The van der Waals surface area contributed by atoms with E-state index in [0.717, 1.165) is 0 Å². The third-order valence-corrected chi connectivity index (χ3v) is 1.80. The SMILES string of the molecule is CN(C)CCC(=O)N[C@H](CC(=O)O)C(=O)O. The normalized spacial score (nSPS) is 12.2. The van der Waals surface area contributed by atoms with Gasteiger partial charge in [-0.05, 0) is 14.1 Å². The fourth-order valence-electron chi connectivity index (χ4n) is 0.966. The van der Waals surface area contributed by atoms with Crippen LogP contribution in [0.3, 0.4) is 0 Å². The number of carbonyl (C=O) groups is 3. The molecule has 0 fully saturated rings. The molecular formula is C9H16N2O5. The van der Waals surface area contributed by atoms with Gasteiger partial charge in [-0.25, -0.2) is 4.79 Å². The van der Waals surface area contributed by atoms with Crippen molar-refractivity contribution >= 4 is 17.8 Å². The van der Waals surface area contributed by atoms with Crippen LogP contribution in [0.4, 0.5) is 0 Å². The van der Waals surface area contributed by atoms with Gasteiger partial charge >= 0.3 is 11.9 Å². The Bertz CT molecular complexity index is 277. The molecule has 0 unspecified atom stereocenters.